The van der Waals surface area contributed by atoms with Gasteiger partial charge in [-0.05, 0) is 19.3 Å². The predicted octanol–water partition coefficient (Wildman–Crippen LogP) is 1.10. The number of hydrogen-bond acceptors (Lipinski definition) is 5. The fourth-order valence-corrected chi connectivity index (χ4v) is 4.02. The molecule has 2 aliphatic heterocycles. The van der Waals surface area contributed by atoms with Crippen LogP contribution in [0.5, 0.6) is 5.75 Å². The van der Waals surface area contributed by atoms with Crippen molar-refractivity contribution in [3.8, 4) is 5.75 Å². The standard InChI is InChI=1S/C18H27N3O4/c1-3-18(21-8-10-25-11-9-21)4-6-20(7-5-18)17(23)14-13-19-16(22)12-15(14)24-2/h12-13H,3-11H2,1-2H3,(H,19,22). The van der Waals surface area contributed by atoms with Gasteiger partial charge in [-0.25, -0.2) is 0 Å². The van der Waals surface area contributed by atoms with Crippen LogP contribution in [-0.2, 0) is 4.74 Å². The lowest BCUT2D eigenvalue weighted by Crippen LogP contribution is -2.58. The molecule has 1 aromatic rings. The highest BCUT2D eigenvalue weighted by Crippen LogP contribution is 2.33. The summed E-state index contributed by atoms with van der Waals surface area (Å²) in [6.07, 6.45) is 4.45. The van der Waals surface area contributed by atoms with Crippen LogP contribution in [0.25, 0.3) is 0 Å². The number of nitrogens with one attached hydrogen (secondary N) is 1. The first-order valence-electron chi connectivity index (χ1n) is 8.98. The van der Waals surface area contributed by atoms with E-state index in [-0.39, 0.29) is 17.0 Å². The molecule has 2 fully saturated rings. The number of aromatic amines is 1. The molecule has 1 amide bonds. The van der Waals surface area contributed by atoms with E-state index in [1.807, 2.05) is 4.90 Å². The van der Waals surface area contributed by atoms with Crippen molar-refractivity contribution in [2.75, 3.05) is 46.5 Å². The molecule has 0 spiro atoms. The summed E-state index contributed by atoms with van der Waals surface area (Å²) in [5, 5.41) is 0. The van der Waals surface area contributed by atoms with E-state index in [1.54, 1.807) is 0 Å². The molecular weight excluding hydrogens is 322 g/mol. The molecule has 3 rings (SSSR count). The average molecular weight is 349 g/mol. The first-order chi connectivity index (χ1) is 12.1. The van der Waals surface area contributed by atoms with Crippen LogP contribution in [0.4, 0.5) is 0 Å². The number of amides is 1. The molecule has 0 atom stereocenters. The summed E-state index contributed by atoms with van der Waals surface area (Å²) >= 11 is 0. The number of morpholine rings is 1. The molecule has 0 saturated carbocycles. The van der Waals surface area contributed by atoms with Crippen LogP contribution in [0.3, 0.4) is 0 Å². The highest BCUT2D eigenvalue weighted by atomic mass is 16.5. The molecule has 7 heteroatoms. The summed E-state index contributed by atoms with van der Waals surface area (Å²) in [5.41, 5.74) is 0.303. The number of carbonyl (C=O) groups is 1. The molecule has 3 heterocycles. The largest absolute Gasteiger partial charge is 0.496 e. The van der Waals surface area contributed by atoms with E-state index >= 15 is 0 Å². The Bertz CT molecular complexity index is 659. The van der Waals surface area contributed by atoms with Crippen molar-refractivity contribution in [1.29, 1.82) is 0 Å². The first kappa shape index (κ1) is 17.9. The highest BCUT2D eigenvalue weighted by Gasteiger charge is 2.40. The maximum Gasteiger partial charge on any atom is 0.259 e. The molecule has 0 aromatic carbocycles. The van der Waals surface area contributed by atoms with E-state index in [9.17, 15) is 9.59 Å². The van der Waals surface area contributed by atoms with Gasteiger partial charge in [0.15, 0.2) is 0 Å². The van der Waals surface area contributed by atoms with E-state index in [1.165, 1.54) is 19.4 Å². The van der Waals surface area contributed by atoms with E-state index < -0.39 is 0 Å². The second-order valence-corrected chi connectivity index (χ2v) is 6.75. The summed E-state index contributed by atoms with van der Waals surface area (Å²) in [5.74, 6) is 0.244. The number of methoxy groups -OCH3 is 1. The molecule has 0 radical (unpaired) electrons. The lowest BCUT2D eigenvalue weighted by atomic mass is 9.82. The number of aromatic nitrogens is 1. The van der Waals surface area contributed by atoms with Crippen LogP contribution in [-0.4, -0.2) is 72.7 Å². The van der Waals surface area contributed by atoms with E-state index in [0.29, 0.717) is 24.4 Å². The Kier molecular flexibility index (Phi) is 5.44. The van der Waals surface area contributed by atoms with Crippen molar-refractivity contribution in [2.45, 2.75) is 31.7 Å². The molecule has 25 heavy (non-hydrogen) atoms. The number of nitrogens with zero attached hydrogens (tertiary/aromatic N) is 2. The van der Waals surface area contributed by atoms with Gasteiger partial charge in [0.05, 0.1) is 25.9 Å². The average Bonchev–Trinajstić information content (AvgIpc) is 2.68. The SMILES string of the molecule is CCC1(N2CCOCC2)CCN(C(=O)c2c[nH]c(=O)cc2OC)CC1. The molecule has 7 nitrogen and oxygen atoms in total. The Morgan fingerprint density at radius 2 is 1.96 bits per heavy atom. The van der Waals surface area contributed by atoms with Crippen molar-refractivity contribution >= 4 is 5.91 Å². The first-order valence-corrected chi connectivity index (χ1v) is 8.98. The summed E-state index contributed by atoms with van der Waals surface area (Å²) in [6, 6.07) is 1.32. The second-order valence-electron chi connectivity index (χ2n) is 6.75. The Hall–Kier alpha value is -1.86. The molecule has 0 aliphatic carbocycles. The van der Waals surface area contributed by atoms with Gasteiger partial charge in [-0.2, -0.15) is 0 Å². The predicted molar refractivity (Wildman–Crippen MR) is 94.2 cm³/mol. The zero-order valence-corrected chi connectivity index (χ0v) is 15.0. The Morgan fingerprint density at radius 3 is 2.56 bits per heavy atom. The van der Waals surface area contributed by atoms with E-state index in [2.05, 4.69) is 16.8 Å². The quantitative estimate of drug-likeness (QED) is 0.881. The van der Waals surface area contributed by atoms with Crippen LogP contribution in [0.2, 0.25) is 0 Å². The van der Waals surface area contributed by atoms with Crippen LogP contribution in [0.15, 0.2) is 17.1 Å². The lowest BCUT2D eigenvalue weighted by Gasteiger charge is -2.50. The highest BCUT2D eigenvalue weighted by molar-refractivity contribution is 5.96. The normalized spacial score (nSPS) is 21.1. The van der Waals surface area contributed by atoms with Crippen LogP contribution in [0, 0.1) is 0 Å². The number of hydrogen-bond donors (Lipinski definition) is 1. The minimum absolute atomic E-state index is 0.0835. The Balaban J connectivity index is 1.71. The maximum atomic E-state index is 12.9. The number of piperidine rings is 1. The van der Waals surface area contributed by atoms with Gasteiger partial charge in [0.1, 0.15) is 5.75 Å². The number of ether oxygens (including phenoxy) is 2. The van der Waals surface area contributed by atoms with Gasteiger partial charge in [0, 0.05) is 44.0 Å². The third kappa shape index (κ3) is 3.57. The summed E-state index contributed by atoms with van der Waals surface area (Å²) in [4.78, 5) is 31.3. The molecular formula is C18H27N3O4. The van der Waals surface area contributed by atoms with E-state index in [4.69, 9.17) is 9.47 Å². The van der Waals surface area contributed by atoms with Crippen LogP contribution in [0.1, 0.15) is 36.5 Å². The fraction of sp³-hybridized carbons (Fsp3) is 0.667. The third-order valence-electron chi connectivity index (χ3n) is 5.66. The molecule has 2 saturated heterocycles. The number of pyridine rings is 1. The smallest absolute Gasteiger partial charge is 0.259 e. The van der Waals surface area contributed by atoms with Crippen molar-refractivity contribution in [2.24, 2.45) is 0 Å². The van der Waals surface area contributed by atoms with Crippen LogP contribution >= 0.6 is 0 Å². The summed E-state index contributed by atoms with van der Waals surface area (Å²) < 4.78 is 10.7. The molecule has 1 N–H and O–H groups in total. The molecule has 138 valence electrons. The van der Waals surface area contributed by atoms with Gasteiger partial charge in [0.2, 0.25) is 0 Å². The van der Waals surface area contributed by atoms with Gasteiger partial charge in [0.25, 0.3) is 11.5 Å². The second kappa shape index (κ2) is 7.58. The van der Waals surface area contributed by atoms with Gasteiger partial charge in [-0.3, -0.25) is 14.5 Å². The van der Waals surface area contributed by atoms with Gasteiger partial charge >= 0.3 is 0 Å². The van der Waals surface area contributed by atoms with Gasteiger partial charge < -0.3 is 19.4 Å². The zero-order valence-electron chi connectivity index (χ0n) is 15.0. The third-order valence-corrected chi connectivity index (χ3v) is 5.66. The van der Waals surface area contributed by atoms with Crippen LogP contribution < -0.4 is 10.3 Å². The maximum absolute atomic E-state index is 12.9. The molecule has 2 aliphatic rings. The minimum Gasteiger partial charge on any atom is -0.496 e. The topological polar surface area (TPSA) is 74.9 Å². The van der Waals surface area contributed by atoms with Crippen molar-refractivity contribution < 1.29 is 14.3 Å². The van der Waals surface area contributed by atoms with E-state index in [0.717, 1.165) is 45.6 Å². The Labute approximate surface area is 147 Å². The monoisotopic (exact) mass is 349 g/mol. The zero-order chi connectivity index (χ0) is 17.9. The number of carbonyl (C=O) groups excluding carboxylic acids is 1. The number of H-pyrrole nitrogens is 1. The van der Waals surface area contributed by atoms with Gasteiger partial charge in [-0.1, -0.05) is 6.92 Å². The number of rotatable bonds is 4. The lowest BCUT2D eigenvalue weighted by molar-refractivity contribution is -0.0467. The Morgan fingerprint density at radius 1 is 1.28 bits per heavy atom. The molecule has 0 bridgehead atoms. The van der Waals surface area contributed by atoms with Crippen molar-refractivity contribution in [3.05, 3.63) is 28.2 Å². The van der Waals surface area contributed by atoms with Crippen molar-refractivity contribution in [1.82, 2.24) is 14.8 Å². The van der Waals surface area contributed by atoms with Crippen molar-refractivity contribution in [3.63, 3.8) is 0 Å². The number of likely N-dealkylation sites (tertiary alicyclic amines) is 1. The minimum atomic E-state index is -0.274. The van der Waals surface area contributed by atoms with Gasteiger partial charge in [-0.15, -0.1) is 0 Å². The fourth-order valence-electron chi connectivity index (χ4n) is 4.02. The molecule has 1 aromatic heterocycles. The molecule has 0 unspecified atom stereocenters. The summed E-state index contributed by atoms with van der Waals surface area (Å²) in [7, 11) is 1.47. The summed E-state index contributed by atoms with van der Waals surface area (Å²) in [6.45, 7) is 7.18.